The number of benzene rings is 3. The number of hydrogen-bond donors (Lipinski definition) is 2. The van der Waals surface area contributed by atoms with Gasteiger partial charge in [-0.3, -0.25) is 15.0 Å². The molecule has 1 atom stereocenters. The van der Waals surface area contributed by atoms with Gasteiger partial charge in [0.25, 0.3) is 21.8 Å². The molecule has 9 nitrogen and oxygen atoms in total. The maximum atomic E-state index is 13.8. The molecule has 1 aliphatic rings. The van der Waals surface area contributed by atoms with E-state index < -0.39 is 23.0 Å². The Hall–Kier alpha value is -3.96. The van der Waals surface area contributed by atoms with Crippen molar-refractivity contribution in [3.63, 3.8) is 0 Å². The quantitative estimate of drug-likeness (QED) is 0.334. The van der Waals surface area contributed by atoms with Gasteiger partial charge < -0.3 is 5.02 Å². The van der Waals surface area contributed by atoms with Crippen molar-refractivity contribution in [2.45, 2.75) is 65.8 Å². The molecular weight excluding hydrogens is 551 g/mol. The lowest BCUT2D eigenvalue weighted by molar-refractivity contribution is 0.0285. The molecule has 220 valence electrons. The average Bonchev–Trinajstić information content (AvgIpc) is 2.91. The summed E-state index contributed by atoms with van der Waals surface area (Å²) in [6.07, 6.45) is 1.92. The molecule has 42 heavy (non-hydrogen) atoms. The average molecular weight is 589 g/mol. The minimum Gasteiger partial charge on any atom is -0.427 e. The van der Waals surface area contributed by atoms with Crippen molar-refractivity contribution in [3.05, 3.63) is 94.0 Å². The molecule has 0 aliphatic carbocycles. The van der Waals surface area contributed by atoms with Crippen LogP contribution in [0.4, 0.5) is 0 Å². The molecule has 0 radical (unpaired) electrons. The van der Waals surface area contributed by atoms with E-state index in [1.54, 1.807) is 36.4 Å². The number of nitrogens with one attached hydrogen (secondary N) is 1. The van der Waals surface area contributed by atoms with E-state index in [1.165, 1.54) is 29.4 Å². The number of carbonyl (C=O) groups excluding carboxylic acids is 2. The Labute approximate surface area is 248 Å². The Morgan fingerprint density at radius 3 is 2.14 bits per heavy atom. The van der Waals surface area contributed by atoms with Crippen molar-refractivity contribution in [1.29, 1.82) is 0 Å². The highest BCUT2D eigenvalue weighted by atomic mass is 32.2. The minimum absolute atomic E-state index is 0.0185. The smallest absolute Gasteiger partial charge is 0.427 e. The molecule has 0 saturated heterocycles. The van der Waals surface area contributed by atoms with Gasteiger partial charge in [-0.1, -0.05) is 68.7 Å². The van der Waals surface area contributed by atoms with Crippen LogP contribution >= 0.6 is 0 Å². The summed E-state index contributed by atoms with van der Waals surface area (Å²) >= 11 is 0. The predicted molar refractivity (Wildman–Crippen MR) is 165 cm³/mol. The predicted octanol–water partition coefficient (Wildman–Crippen LogP) is 3.95. The molecule has 0 bridgehead atoms. The van der Waals surface area contributed by atoms with Gasteiger partial charge in [-0.05, 0) is 80.0 Å². The van der Waals surface area contributed by atoms with Gasteiger partial charge in [0.05, 0.1) is 17.2 Å². The van der Waals surface area contributed by atoms with E-state index in [0.717, 1.165) is 16.7 Å². The molecule has 0 saturated carbocycles. The maximum absolute atomic E-state index is 13.8. The van der Waals surface area contributed by atoms with Gasteiger partial charge in [-0.2, -0.15) is 9.43 Å². The lowest BCUT2D eigenvalue weighted by Crippen LogP contribution is -2.56. The maximum Gasteiger partial charge on any atom is 0.484 e. The number of sulfonamides is 1. The van der Waals surface area contributed by atoms with Crippen LogP contribution in [0.1, 0.15) is 77.1 Å². The lowest BCUT2D eigenvalue weighted by Gasteiger charge is -2.39. The Morgan fingerprint density at radius 2 is 1.57 bits per heavy atom. The fourth-order valence-electron chi connectivity index (χ4n) is 5.23. The number of aryl methyl sites for hydroxylation is 3. The molecule has 4 rings (SSSR count). The zero-order chi connectivity index (χ0) is 31.0. The first kappa shape index (κ1) is 31.0. The third-order valence-electron chi connectivity index (χ3n) is 7.32. The molecule has 0 fully saturated rings. The van der Waals surface area contributed by atoms with Gasteiger partial charge in [-0.25, -0.2) is 13.4 Å². The van der Waals surface area contributed by atoms with Crippen LogP contribution in [-0.4, -0.2) is 53.9 Å². The van der Waals surface area contributed by atoms with Crippen LogP contribution < -0.4 is 10.9 Å². The minimum atomic E-state index is -4.17. The summed E-state index contributed by atoms with van der Waals surface area (Å²) in [6.45, 7) is 13.7. The number of amides is 2. The van der Waals surface area contributed by atoms with Crippen LogP contribution in [0.25, 0.3) is 0 Å². The summed E-state index contributed by atoms with van der Waals surface area (Å²) in [4.78, 5) is 27.5. The van der Waals surface area contributed by atoms with Crippen molar-refractivity contribution in [3.8, 4) is 0 Å². The van der Waals surface area contributed by atoms with E-state index in [-0.39, 0.29) is 33.3 Å². The molecular formula is C31H37BN4O5S. The molecule has 0 spiro atoms. The van der Waals surface area contributed by atoms with Crippen molar-refractivity contribution in [2.75, 3.05) is 0 Å². The molecule has 1 unspecified atom stereocenters. The van der Waals surface area contributed by atoms with Crippen LogP contribution in [0.15, 0.2) is 70.7 Å². The summed E-state index contributed by atoms with van der Waals surface area (Å²) in [5.74, 6) is -0.904. The first-order valence-electron chi connectivity index (χ1n) is 13.8. The standard InChI is InChI=1S/C31H37BN4O5S/c1-8-28(31(5,6)7)35(30(38)25-16-21(3)15-22(4)17-25)34-29(37)23-11-12-24-19-33-36(32(39)27(24)18-23)42(40,41)26-13-9-20(2)10-14-26/h9-19,28,39H,8H2,1-7H3,(H,34,37). The van der Waals surface area contributed by atoms with Crippen molar-refractivity contribution < 1.29 is 23.0 Å². The normalized spacial score (nSPS) is 13.9. The van der Waals surface area contributed by atoms with Crippen LogP contribution in [0, 0.1) is 26.2 Å². The highest BCUT2D eigenvalue weighted by Crippen LogP contribution is 2.28. The molecule has 2 N–H and O–H groups in total. The van der Waals surface area contributed by atoms with Crippen LogP contribution in [-0.2, 0) is 10.0 Å². The summed E-state index contributed by atoms with van der Waals surface area (Å²) in [5, 5.41) is 16.5. The second-order valence-corrected chi connectivity index (χ2v) is 13.6. The van der Waals surface area contributed by atoms with Gasteiger partial charge in [-0.15, -0.1) is 0 Å². The first-order valence-corrected chi connectivity index (χ1v) is 15.3. The van der Waals surface area contributed by atoms with Gasteiger partial charge in [0.2, 0.25) is 0 Å². The molecule has 3 aromatic rings. The van der Waals surface area contributed by atoms with E-state index >= 15 is 0 Å². The van der Waals surface area contributed by atoms with Gasteiger partial charge in [0, 0.05) is 11.1 Å². The number of hydrogen-bond acceptors (Lipinski definition) is 6. The Balaban J connectivity index is 1.67. The fourth-order valence-corrected chi connectivity index (χ4v) is 6.48. The highest BCUT2D eigenvalue weighted by molar-refractivity contribution is 7.90. The number of hydrazine groups is 1. The SMILES string of the molecule is CCC(N(NC(=O)c1ccc2c(c1)B(O)N(S(=O)(=O)c1ccc(C)cc1)N=C2)C(=O)c1cc(C)cc(C)c1)C(C)(C)C. The fraction of sp³-hybridized carbons (Fsp3) is 0.323. The second kappa shape index (κ2) is 11.7. The molecule has 11 heteroatoms. The second-order valence-electron chi connectivity index (χ2n) is 11.8. The largest absolute Gasteiger partial charge is 0.484 e. The Bertz CT molecular complexity index is 1630. The number of rotatable bonds is 6. The van der Waals surface area contributed by atoms with Crippen molar-refractivity contribution in [2.24, 2.45) is 10.5 Å². The molecule has 1 heterocycles. The molecule has 2 amide bonds. The zero-order valence-electron chi connectivity index (χ0n) is 25.0. The van der Waals surface area contributed by atoms with Crippen molar-refractivity contribution >= 4 is 40.6 Å². The topological polar surface area (TPSA) is 119 Å². The van der Waals surface area contributed by atoms with Crippen molar-refractivity contribution in [1.82, 2.24) is 14.8 Å². The molecule has 1 aliphatic heterocycles. The number of nitrogens with zero attached hydrogens (tertiary/aromatic N) is 3. The van der Waals surface area contributed by atoms with E-state index in [4.69, 9.17) is 0 Å². The Morgan fingerprint density at radius 1 is 0.952 bits per heavy atom. The van der Waals surface area contributed by atoms with E-state index in [1.807, 2.05) is 54.5 Å². The number of carbonyl (C=O) groups is 2. The zero-order valence-corrected chi connectivity index (χ0v) is 25.9. The Kier molecular flexibility index (Phi) is 8.66. The van der Waals surface area contributed by atoms with Gasteiger partial charge in [0.1, 0.15) is 0 Å². The first-order chi connectivity index (χ1) is 19.6. The summed E-state index contributed by atoms with van der Waals surface area (Å²) in [7, 11) is -5.83. The van der Waals surface area contributed by atoms with E-state index in [0.29, 0.717) is 21.9 Å². The highest BCUT2D eigenvalue weighted by Gasteiger charge is 2.39. The molecule has 0 aromatic heterocycles. The summed E-state index contributed by atoms with van der Waals surface area (Å²) in [5.41, 5.74) is 6.50. The number of hydrazone groups is 1. The van der Waals surface area contributed by atoms with Gasteiger partial charge in [0.15, 0.2) is 0 Å². The lowest BCUT2D eigenvalue weighted by atomic mass is 9.71. The van der Waals surface area contributed by atoms with Gasteiger partial charge >= 0.3 is 7.05 Å². The van der Waals surface area contributed by atoms with E-state index in [9.17, 15) is 23.0 Å². The summed E-state index contributed by atoms with van der Waals surface area (Å²) < 4.78 is 27.2. The monoisotopic (exact) mass is 588 g/mol. The number of fused-ring (bicyclic) bond motifs is 1. The third-order valence-corrected chi connectivity index (χ3v) is 8.97. The van der Waals surface area contributed by atoms with E-state index in [2.05, 4.69) is 10.5 Å². The third kappa shape index (κ3) is 6.27. The van der Waals surface area contributed by atoms with Crippen LogP contribution in [0.2, 0.25) is 0 Å². The van der Waals surface area contributed by atoms with Crippen LogP contribution in [0.3, 0.4) is 0 Å². The molecule has 3 aromatic carbocycles. The summed E-state index contributed by atoms with van der Waals surface area (Å²) in [6, 6.07) is 16.0. The van der Waals surface area contributed by atoms with Crippen LogP contribution in [0.5, 0.6) is 0 Å².